The van der Waals surface area contributed by atoms with Gasteiger partial charge in [-0.25, -0.2) is 0 Å². The van der Waals surface area contributed by atoms with Crippen molar-refractivity contribution in [1.29, 1.82) is 0 Å². The molecule has 1 amide bonds. The number of hydrogen-bond donors (Lipinski definition) is 2. The highest BCUT2D eigenvalue weighted by molar-refractivity contribution is 7.14. The summed E-state index contributed by atoms with van der Waals surface area (Å²) in [6.07, 6.45) is 2.62. The summed E-state index contributed by atoms with van der Waals surface area (Å²) in [4.78, 5) is 12.0. The van der Waals surface area contributed by atoms with Crippen molar-refractivity contribution < 1.29 is 4.79 Å². The number of rotatable bonds is 4. The number of aromatic nitrogens is 2. The maximum Gasteiger partial charge on any atom is 0.223 e. The highest BCUT2D eigenvalue weighted by Crippen LogP contribution is 2.25. The van der Waals surface area contributed by atoms with E-state index in [4.69, 9.17) is 5.73 Å². The summed E-state index contributed by atoms with van der Waals surface area (Å²) in [5.74, 6) is 0.140. The second-order valence-electron chi connectivity index (χ2n) is 5.35. The van der Waals surface area contributed by atoms with Gasteiger partial charge in [0.2, 0.25) is 5.91 Å². The Morgan fingerprint density at radius 2 is 2.10 bits per heavy atom. The molecule has 1 aliphatic carbocycles. The Kier molecular flexibility index (Phi) is 4.26. The first-order valence-corrected chi connectivity index (χ1v) is 7.95. The van der Waals surface area contributed by atoms with Gasteiger partial charge < -0.3 is 11.1 Å². The fourth-order valence-electron chi connectivity index (χ4n) is 2.58. The predicted molar refractivity (Wildman–Crippen MR) is 82.5 cm³/mol. The van der Waals surface area contributed by atoms with Gasteiger partial charge in [-0.15, -0.1) is 10.2 Å². The fourth-order valence-corrected chi connectivity index (χ4v) is 3.37. The first kappa shape index (κ1) is 14.2. The third kappa shape index (κ3) is 3.46. The Bertz CT molecular complexity index is 613. The van der Waals surface area contributed by atoms with Crippen LogP contribution in [0.2, 0.25) is 0 Å². The van der Waals surface area contributed by atoms with E-state index in [0.29, 0.717) is 6.54 Å². The van der Waals surface area contributed by atoms with E-state index in [2.05, 4.69) is 15.5 Å². The number of nitrogens with two attached hydrogens (primary N) is 1. The molecule has 0 radical (unpaired) electrons. The normalized spacial score (nSPS) is 21.4. The molecule has 3 N–H and O–H groups in total. The molecular weight excluding hydrogens is 284 g/mol. The molecule has 5 nitrogen and oxygen atoms in total. The van der Waals surface area contributed by atoms with Crippen LogP contribution in [0.15, 0.2) is 30.3 Å². The molecule has 21 heavy (non-hydrogen) atoms. The number of carbonyl (C=O) groups excluding carboxylic acids is 1. The van der Waals surface area contributed by atoms with Crippen LogP contribution in [0, 0.1) is 5.92 Å². The fraction of sp³-hybridized carbons (Fsp3) is 0.400. The van der Waals surface area contributed by atoms with Crippen molar-refractivity contribution in [2.75, 3.05) is 0 Å². The largest absolute Gasteiger partial charge is 0.349 e. The topological polar surface area (TPSA) is 80.9 Å². The van der Waals surface area contributed by atoms with Crippen molar-refractivity contribution in [1.82, 2.24) is 15.5 Å². The van der Waals surface area contributed by atoms with Crippen LogP contribution in [0.4, 0.5) is 0 Å². The SMILES string of the molecule is NC1CCC(C(=O)NCc2nnc(-c3ccccc3)s2)C1. The number of nitrogens with one attached hydrogen (secondary N) is 1. The van der Waals surface area contributed by atoms with Crippen LogP contribution in [0.3, 0.4) is 0 Å². The Morgan fingerprint density at radius 3 is 2.81 bits per heavy atom. The zero-order valence-electron chi connectivity index (χ0n) is 11.7. The lowest BCUT2D eigenvalue weighted by molar-refractivity contribution is -0.125. The number of nitrogens with zero attached hydrogens (tertiary/aromatic N) is 2. The molecule has 0 aliphatic heterocycles. The Balaban J connectivity index is 1.57. The number of amides is 1. The van der Waals surface area contributed by atoms with E-state index in [1.54, 1.807) is 0 Å². The summed E-state index contributed by atoms with van der Waals surface area (Å²) >= 11 is 1.51. The maximum atomic E-state index is 12.0. The van der Waals surface area contributed by atoms with Gasteiger partial charge in [-0.05, 0) is 19.3 Å². The third-order valence-electron chi connectivity index (χ3n) is 3.75. The van der Waals surface area contributed by atoms with Crippen molar-refractivity contribution in [3.05, 3.63) is 35.3 Å². The lowest BCUT2D eigenvalue weighted by Crippen LogP contribution is -2.29. The summed E-state index contributed by atoms with van der Waals surface area (Å²) in [5.41, 5.74) is 6.89. The first-order valence-electron chi connectivity index (χ1n) is 7.13. The van der Waals surface area contributed by atoms with Crippen LogP contribution in [0.25, 0.3) is 10.6 Å². The molecule has 3 rings (SSSR count). The molecule has 0 saturated heterocycles. The van der Waals surface area contributed by atoms with E-state index in [9.17, 15) is 4.79 Å². The summed E-state index contributed by atoms with van der Waals surface area (Å²) in [6, 6.07) is 10.1. The van der Waals surface area contributed by atoms with E-state index >= 15 is 0 Å². The van der Waals surface area contributed by atoms with Crippen LogP contribution in [0.5, 0.6) is 0 Å². The molecule has 2 unspecified atom stereocenters. The van der Waals surface area contributed by atoms with Crippen molar-refractivity contribution in [3.8, 4) is 10.6 Å². The molecule has 1 fully saturated rings. The summed E-state index contributed by atoms with van der Waals surface area (Å²) in [5, 5.41) is 12.9. The van der Waals surface area contributed by atoms with Gasteiger partial charge in [-0.3, -0.25) is 4.79 Å². The van der Waals surface area contributed by atoms with E-state index < -0.39 is 0 Å². The standard InChI is InChI=1S/C15H18N4OS/c16-12-7-6-11(8-12)14(20)17-9-13-18-19-15(21-13)10-4-2-1-3-5-10/h1-5,11-12H,6-9,16H2,(H,17,20). The molecule has 0 spiro atoms. The minimum atomic E-state index is 0.0570. The average molecular weight is 302 g/mol. The molecule has 2 atom stereocenters. The molecule has 1 heterocycles. The van der Waals surface area contributed by atoms with Gasteiger partial charge in [0, 0.05) is 17.5 Å². The van der Waals surface area contributed by atoms with E-state index in [0.717, 1.165) is 34.8 Å². The Morgan fingerprint density at radius 1 is 1.29 bits per heavy atom. The van der Waals surface area contributed by atoms with Crippen LogP contribution in [-0.4, -0.2) is 22.1 Å². The number of hydrogen-bond acceptors (Lipinski definition) is 5. The van der Waals surface area contributed by atoms with Crippen molar-refractivity contribution in [2.45, 2.75) is 31.8 Å². The van der Waals surface area contributed by atoms with Gasteiger partial charge in [-0.2, -0.15) is 0 Å². The summed E-state index contributed by atoms with van der Waals surface area (Å²) in [6.45, 7) is 0.440. The third-order valence-corrected chi connectivity index (χ3v) is 4.72. The molecule has 1 aromatic carbocycles. The van der Waals surface area contributed by atoms with Gasteiger partial charge in [0.1, 0.15) is 10.0 Å². The minimum Gasteiger partial charge on any atom is -0.349 e. The number of carbonyl (C=O) groups is 1. The maximum absolute atomic E-state index is 12.0. The average Bonchev–Trinajstić information content (AvgIpc) is 3.15. The highest BCUT2D eigenvalue weighted by atomic mass is 32.1. The van der Waals surface area contributed by atoms with Crippen molar-refractivity contribution >= 4 is 17.2 Å². The van der Waals surface area contributed by atoms with Gasteiger partial charge in [0.05, 0.1) is 6.54 Å². The van der Waals surface area contributed by atoms with Crippen LogP contribution < -0.4 is 11.1 Å². The zero-order chi connectivity index (χ0) is 14.7. The Hall–Kier alpha value is -1.79. The van der Waals surface area contributed by atoms with Crippen molar-refractivity contribution in [2.24, 2.45) is 11.7 Å². The second-order valence-corrected chi connectivity index (χ2v) is 6.42. The van der Waals surface area contributed by atoms with Crippen molar-refractivity contribution in [3.63, 3.8) is 0 Å². The molecule has 1 aromatic heterocycles. The first-order chi connectivity index (χ1) is 10.2. The van der Waals surface area contributed by atoms with E-state index in [1.807, 2.05) is 30.3 Å². The monoisotopic (exact) mass is 302 g/mol. The molecule has 2 aromatic rings. The molecule has 0 bridgehead atoms. The minimum absolute atomic E-state index is 0.0570. The summed E-state index contributed by atoms with van der Waals surface area (Å²) in [7, 11) is 0. The van der Waals surface area contributed by atoms with Gasteiger partial charge in [-0.1, -0.05) is 41.7 Å². The predicted octanol–water partition coefficient (Wildman–Crippen LogP) is 1.95. The van der Waals surface area contributed by atoms with Crippen LogP contribution in [0.1, 0.15) is 24.3 Å². The molecular formula is C15H18N4OS. The van der Waals surface area contributed by atoms with Gasteiger partial charge >= 0.3 is 0 Å². The second kappa shape index (κ2) is 6.32. The molecule has 1 saturated carbocycles. The van der Waals surface area contributed by atoms with Crippen LogP contribution in [-0.2, 0) is 11.3 Å². The van der Waals surface area contributed by atoms with E-state index in [1.165, 1.54) is 11.3 Å². The lowest BCUT2D eigenvalue weighted by atomic mass is 10.1. The van der Waals surface area contributed by atoms with E-state index in [-0.39, 0.29) is 17.9 Å². The Labute approximate surface area is 127 Å². The molecule has 6 heteroatoms. The lowest BCUT2D eigenvalue weighted by Gasteiger charge is -2.09. The molecule has 110 valence electrons. The highest BCUT2D eigenvalue weighted by Gasteiger charge is 2.27. The summed E-state index contributed by atoms with van der Waals surface area (Å²) < 4.78 is 0. The van der Waals surface area contributed by atoms with Crippen LogP contribution >= 0.6 is 11.3 Å². The van der Waals surface area contributed by atoms with Gasteiger partial charge in [0.25, 0.3) is 0 Å². The smallest absolute Gasteiger partial charge is 0.223 e. The van der Waals surface area contributed by atoms with Gasteiger partial charge in [0.15, 0.2) is 0 Å². The number of benzene rings is 1. The zero-order valence-corrected chi connectivity index (χ0v) is 12.5. The molecule has 1 aliphatic rings. The quantitative estimate of drug-likeness (QED) is 0.904.